The van der Waals surface area contributed by atoms with E-state index in [2.05, 4.69) is 20.8 Å². The van der Waals surface area contributed by atoms with Gasteiger partial charge in [-0.3, -0.25) is 9.59 Å². The molecule has 0 aliphatic carbocycles. The molecule has 2 unspecified atom stereocenters. The molecular weight excluding hydrogens is 240 g/mol. The van der Waals surface area contributed by atoms with E-state index in [1.54, 1.807) is 0 Å². The standard InChI is InChI=1S/C10H14N4O4/c1-5(10(16)17)12-8(15)7-13-9(18-14-7)6-3-2-4-11-6/h5-6,11H,2-4H2,1H3,(H,12,15)(H,16,17). The predicted octanol–water partition coefficient (Wildman–Crippen LogP) is -0.303. The highest BCUT2D eigenvalue weighted by molar-refractivity contribution is 5.93. The van der Waals surface area contributed by atoms with Crippen LogP contribution < -0.4 is 10.6 Å². The van der Waals surface area contributed by atoms with Crippen molar-refractivity contribution in [1.82, 2.24) is 20.8 Å². The molecule has 1 fully saturated rings. The van der Waals surface area contributed by atoms with Crippen molar-refractivity contribution in [3.05, 3.63) is 11.7 Å². The van der Waals surface area contributed by atoms with Crippen LogP contribution in [0.5, 0.6) is 0 Å². The Hall–Kier alpha value is -1.96. The Morgan fingerprint density at radius 2 is 2.39 bits per heavy atom. The van der Waals surface area contributed by atoms with Gasteiger partial charge in [0.2, 0.25) is 5.89 Å². The van der Waals surface area contributed by atoms with Gasteiger partial charge in [0.1, 0.15) is 6.04 Å². The van der Waals surface area contributed by atoms with Crippen molar-refractivity contribution in [2.45, 2.75) is 31.8 Å². The largest absolute Gasteiger partial charge is 0.480 e. The number of carbonyl (C=O) groups excluding carboxylic acids is 1. The molecule has 0 bridgehead atoms. The highest BCUT2D eigenvalue weighted by atomic mass is 16.5. The summed E-state index contributed by atoms with van der Waals surface area (Å²) in [7, 11) is 0. The molecule has 0 aromatic carbocycles. The maximum Gasteiger partial charge on any atom is 0.325 e. The molecule has 0 spiro atoms. The third-order valence-electron chi connectivity index (χ3n) is 2.72. The van der Waals surface area contributed by atoms with Gasteiger partial charge in [0.25, 0.3) is 11.7 Å². The third-order valence-corrected chi connectivity index (χ3v) is 2.72. The van der Waals surface area contributed by atoms with E-state index >= 15 is 0 Å². The second-order valence-corrected chi connectivity index (χ2v) is 4.14. The summed E-state index contributed by atoms with van der Waals surface area (Å²) in [5.41, 5.74) is 0. The van der Waals surface area contributed by atoms with Gasteiger partial charge >= 0.3 is 5.97 Å². The van der Waals surface area contributed by atoms with Gasteiger partial charge < -0.3 is 20.3 Å². The first kappa shape index (κ1) is 12.5. The first-order chi connectivity index (χ1) is 8.58. The summed E-state index contributed by atoms with van der Waals surface area (Å²) in [5.74, 6) is -1.56. The molecule has 18 heavy (non-hydrogen) atoms. The van der Waals surface area contributed by atoms with Crippen LogP contribution in [0, 0.1) is 0 Å². The van der Waals surface area contributed by atoms with Gasteiger partial charge in [-0.25, -0.2) is 0 Å². The number of carboxylic acids is 1. The van der Waals surface area contributed by atoms with Gasteiger partial charge in [-0.05, 0) is 26.3 Å². The first-order valence-corrected chi connectivity index (χ1v) is 5.68. The average Bonchev–Trinajstić information content (AvgIpc) is 2.99. The van der Waals surface area contributed by atoms with Crippen LogP contribution in [-0.2, 0) is 4.79 Å². The number of rotatable bonds is 4. The fourth-order valence-electron chi connectivity index (χ4n) is 1.69. The van der Waals surface area contributed by atoms with Gasteiger partial charge in [-0.15, -0.1) is 0 Å². The minimum absolute atomic E-state index is 0.0176. The Morgan fingerprint density at radius 1 is 1.61 bits per heavy atom. The van der Waals surface area contributed by atoms with E-state index in [1.807, 2.05) is 0 Å². The maximum absolute atomic E-state index is 11.6. The first-order valence-electron chi connectivity index (χ1n) is 5.68. The fourth-order valence-corrected chi connectivity index (χ4v) is 1.69. The molecule has 3 N–H and O–H groups in total. The number of nitrogens with one attached hydrogen (secondary N) is 2. The summed E-state index contributed by atoms with van der Waals surface area (Å²) in [6, 6.07) is -1.01. The van der Waals surface area contributed by atoms with E-state index in [0.717, 1.165) is 19.4 Å². The van der Waals surface area contributed by atoms with Crippen molar-refractivity contribution in [3.63, 3.8) is 0 Å². The Labute approximate surface area is 103 Å². The summed E-state index contributed by atoms with van der Waals surface area (Å²) >= 11 is 0. The van der Waals surface area contributed by atoms with E-state index < -0.39 is 17.9 Å². The van der Waals surface area contributed by atoms with Crippen molar-refractivity contribution >= 4 is 11.9 Å². The van der Waals surface area contributed by atoms with E-state index in [-0.39, 0.29) is 11.9 Å². The van der Waals surface area contributed by atoms with Gasteiger partial charge in [-0.1, -0.05) is 5.16 Å². The number of carbonyl (C=O) groups is 2. The van der Waals surface area contributed by atoms with E-state index in [9.17, 15) is 9.59 Å². The third kappa shape index (κ3) is 2.65. The Bertz CT molecular complexity index is 452. The molecule has 8 nitrogen and oxygen atoms in total. The summed E-state index contributed by atoms with van der Waals surface area (Å²) in [6.45, 7) is 2.24. The molecule has 0 saturated carbocycles. The summed E-state index contributed by atoms with van der Waals surface area (Å²) in [6.07, 6.45) is 1.90. The number of hydrogen-bond donors (Lipinski definition) is 3. The lowest BCUT2D eigenvalue weighted by molar-refractivity contribution is -0.138. The summed E-state index contributed by atoms with van der Waals surface area (Å²) in [5, 5.41) is 17.6. The lowest BCUT2D eigenvalue weighted by atomic mass is 10.2. The van der Waals surface area contributed by atoms with Crippen LogP contribution in [0.1, 0.15) is 42.3 Å². The average molecular weight is 254 g/mol. The zero-order valence-electron chi connectivity index (χ0n) is 9.84. The second-order valence-electron chi connectivity index (χ2n) is 4.14. The van der Waals surface area contributed by atoms with Crippen LogP contribution in [-0.4, -0.2) is 39.7 Å². The molecule has 1 aliphatic heterocycles. The predicted molar refractivity (Wildman–Crippen MR) is 58.8 cm³/mol. The zero-order chi connectivity index (χ0) is 13.1. The fraction of sp³-hybridized carbons (Fsp3) is 0.600. The second kappa shape index (κ2) is 5.13. The van der Waals surface area contributed by atoms with E-state index in [4.69, 9.17) is 9.63 Å². The number of aromatic nitrogens is 2. The lowest BCUT2D eigenvalue weighted by Gasteiger charge is -2.05. The minimum Gasteiger partial charge on any atom is -0.480 e. The number of hydrogen-bond acceptors (Lipinski definition) is 6. The molecule has 8 heteroatoms. The van der Waals surface area contributed by atoms with Crippen molar-refractivity contribution in [3.8, 4) is 0 Å². The van der Waals surface area contributed by atoms with Crippen LogP contribution in [0.25, 0.3) is 0 Å². The Morgan fingerprint density at radius 3 is 3.00 bits per heavy atom. The topological polar surface area (TPSA) is 117 Å². The van der Waals surface area contributed by atoms with Crippen molar-refractivity contribution in [2.24, 2.45) is 0 Å². The molecule has 1 aromatic rings. The number of carboxylic acid groups (broad SMARTS) is 1. The summed E-state index contributed by atoms with van der Waals surface area (Å²) in [4.78, 5) is 26.2. The molecule has 2 atom stereocenters. The van der Waals surface area contributed by atoms with Crippen LogP contribution in [0.3, 0.4) is 0 Å². The van der Waals surface area contributed by atoms with Gasteiger partial charge in [-0.2, -0.15) is 4.98 Å². The molecule has 1 aliphatic rings. The normalized spacial score (nSPS) is 20.6. The van der Waals surface area contributed by atoms with Crippen LogP contribution >= 0.6 is 0 Å². The highest BCUT2D eigenvalue weighted by Crippen LogP contribution is 2.20. The molecule has 1 amide bonds. The minimum atomic E-state index is -1.12. The smallest absolute Gasteiger partial charge is 0.325 e. The number of nitrogens with zero attached hydrogens (tertiary/aromatic N) is 2. The van der Waals surface area contributed by atoms with Crippen LogP contribution in [0.4, 0.5) is 0 Å². The molecule has 98 valence electrons. The summed E-state index contributed by atoms with van der Waals surface area (Å²) < 4.78 is 4.98. The SMILES string of the molecule is CC(NC(=O)c1noc(C2CCCN2)n1)C(=O)O. The van der Waals surface area contributed by atoms with E-state index in [0.29, 0.717) is 5.89 Å². The van der Waals surface area contributed by atoms with Gasteiger partial charge in [0.05, 0.1) is 6.04 Å². The number of aliphatic carboxylic acids is 1. The molecule has 2 rings (SSSR count). The lowest BCUT2D eigenvalue weighted by Crippen LogP contribution is -2.38. The van der Waals surface area contributed by atoms with Crippen LogP contribution in [0.15, 0.2) is 4.52 Å². The number of amides is 1. The molecule has 1 saturated heterocycles. The van der Waals surface area contributed by atoms with Crippen molar-refractivity contribution < 1.29 is 19.2 Å². The molecule has 0 radical (unpaired) electrons. The Balaban J connectivity index is 2.00. The highest BCUT2D eigenvalue weighted by Gasteiger charge is 2.25. The molecular formula is C10H14N4O4. The maximum atomic E-state index is 11.6. The van der Waals surface area contributed by atoms with Gasteiger partial charge in [0, 0.05) is 0 Å². The Kier molecular flexibility index (Phi) is 3.56. The van der Waals surface area contributed by atoms with Crippen molar-refractivity contribution in [1.29, 1.82) is 0 Å². The molecule has 1 aromatic heterocycles. The zero-order valence-corrected chi connectivity index (χ0v) is 9.84. The quantitative estimate of drug-likeness (QED) is 0.675. The van der Waals surface area contributed by atoms with E-state index in [1.165, 1.54) is 6.92 Å². The van der Waals surface area contributed by atoms with Gasteiger partial charge in [0.15, 0.2) is 0 Å². The van der Waals surface area contributed by atoms with Crippen LogP contribution in [0.2, 0.25) is 0 Å². The van der Waals surface area contributed by atoms with Crippen molar-refractivity contribution in [2.75, 3.05) is 6.54 Å². The monoisotopic (exact) mass is 254 g/mol. The molecule has 2 heterocycles.